The first-order valence-corrected chi connectivity index (χ1v) is 11.2. The van der Waals surface area contributed by atoms with E-state index in [1.165, 1.54) is 0 Å². The van der Waals surface area contributed by atoms with E-state index in [-0.39, 0.29) is 36.6 Å². The lowest BCUT2D eigenvalue weighted by Gasteiger charge is -2.24. The van der Waals surface area contributed by atoms with Crippen LogP contribution >= 0.6 is 24.8 Å². The summed E-state index contributed by atoms with van der Waals surface area (Å²) in [6, 6.07) is 23.1. The van der Waals surface area contributed by atoms with Crippen molar-refractivity contribution in [1.29, 1.82) is 5.41 Å². The van der Waals surface area contributed by atoms with Crippen LogP contribution in [0.4, 0.5) is 5.69 Å². The van der Waals surface area contributed by atoms with Gasteiger partial charge in [0.05, 0.1) is 11.0 Å². The Balaban J connectivity index is 0.00000228. The van der Waals surface area contributed by atoms with Crippen molar-refractivity contribution in [3.05, 3.63) is 95.3 Å². The van der Waals surface area contributed by atoms with Gasteiger partial charge in [0.25, 0.3) is 5.91 Å². The Labute approximate surface area is 224 Å². The predicted molar refractivity (Wildman–Crippen MR) is 152 cm³/mol. The van der Waals surface area contributed by atoms with E-state index in [1.54, 1.807) is 0 Å². The molecule has 0 saturated heterocycles. The van der Waals surface area contributed by atoms with Crippen LogP contribution in [0.5, 0.6) is 0 Å². The molecule has 0 aliphatic carbocycles. The number of carbonyl (C=O) groups is 1. The number of halogens is 2. The molecular weight excluding hydrogens is 495 g/mol. The zero-order valence-electron chi connectivity index (χ0n) is 20.6. The topological polar surface area (TPSA) is 91.2 Å². The number of carbonyl (C=O) groups excluding carboxylic acids is 1. The number of anilines is 1. The number of hydrogen-bond donors (Lipinski definition) is 2. The molecule has 7 nitrogen and oxygen atoms in total. The average Bonchev–Trinajstić information content (AvgIpc) is 3.14. The molecule has 4 rings (SSSR count). The lowest BCUT2D eigenvalue weighted by Crippen LogP contribution is -2.36. The Morgan fingerprint density at radius 3 is 2.19 bits per heavy atom. The van der Waals surface area contributed by atoms with E-state index >= 15 is 0 Å². The average molecular weight is 528 g/mol. The highest BCUT2D eigenvalue weighted by molar-refractivity contribution is 6.07. The number of nitrogen functional groups attached to an aromatic ring is 1. The van der Waals surface area contributed by atoms with Gasteiger partial charge < -0.3 is 20.1 Å². The molecule has 0 fully saturated rings. The van der Waals surface area contributed by atoms with E-state index in [0.29, 0.717) is 24.1 Å². The number of fused-ring (bicyclic) bond motifs is 1. The smallest absolute Gasteiger partial charge is 0.258 e. The van der Waals surface area contributed by atoms with Crippen molar-refractivity contribution in [1.82, 2.24) is 14.5 Å². The first kappa shape index (κ1) is 28.8. The molecule has 0 atom stereocenters. The molecule has 190 valence electrons. The summed E-state index contributed by atoms with van der Waals surface area (Å²) in [7, 11) is 6.00. The van der Waals surface area contributed by atoms with Gasteiger partial charge in [-0.05, 0) is 50.0 Å². The van der Waals surface area contributed by atoms with Crippen molar-refractivity contribution in [3.8, 4) is 0 Å². The minimum atomic E-state index is -0.0398. The Hall–Kier alpha value is -3.39. The van der Waals surface area contributed by atoms with Crippen LogP contribution in [0, 0.1) is 5.41 Å². The van der Waals surface area contributed by atoms with Crippen LogP contribution in [-0.2, 0) is 13.5 Å². The number of para-hydroxylation sites is 1. The molecule has 0 bridgehead atoms. The van der Waals surface area contributed by atoms with Gasteiger partial charge in [0.1, 0.15) is 11.7 Å². The summed E-state index contributed by atoms with van der Waals surface area (Å²) < 4.78 is 2.06. The summed E-state index contributed by atoms with van der Waals surface area (Å²) in [5.74, 6) is 0.922. The van der Waals surface area contributed by atoms with Crippen molar-refractivity contribution in [2.75, 3.05) is 32.1 Å². The van der Waals surface area contributed by atoms with Gasteiger partial charge in [0.2, 0.25) is 0 Å². The summed E-state index contributed by atoms with van der Waals surface area (Å²) in [4.78, 5) is 22.2. The molecule has 0 radical (unpaired) electrons. The van der Waals surface area contributed by atoms with Gasteiger partial charge in [0, 0.05) is 43.4 Å². The van der Waals surface area contributed by atoms with Gasteiger partial charge >= 0.3 is 0 Å². The zero-order valence-corrected chi connectivity index (χ0v) is 22.3. The quantitative estimate of drug-likeness (QED) is 0.261. The molecule has 1 heterocycles. The Morgan fingerprint density at radius 2 is 1.58 bits per heavy atom. The normalized spacial score (nSPS) is 10.6. The van der Waals surface area contributed by atoms with Gasteiger partial charge in [-0.2, -0.15) is 0 Å². The molecule has 1 amide bonds. The molecule has 1 aromatic heterocycles. The van der Waals surface area contributed by atoms with Gasteiger partial charge in [-0.3, -0.25) is 10.2 Å². The SMILES string of the molecule is CN(C)CCN(C(=O)c1ccc2c(c1)nc(Cc1ccc(C(=N)N)cc1)n2C)c1ccccc1.Cl.Cl. The second kappa shape index (κ2) is 12.5. The number of rotatable bonds is 8. The largest absolute Gasteiger partial charge is 0.384 e. The number of hydrogen-bond acceptors (Lipinski definition) is 4. The molecule has 3 aromatic carbocycles. The summed E-state index contributed by atoms with van der Waals surface area (Å²) in [5, 5.41) is 7.55. The van der Waals surface area contributed by atoms with Crippen molar-refractivity contribution >= 4 is 53.3 Å². The van der Waals surface area contributed by atoms with Crippen molar-refractivity contribution in [2.24, 2.45) is 12.8 Å². The fourth-order valence-electron chi connectivity index (χ4n) is 3.94. The number of nitrogens with two attached hydrogens (primary N) is 1. The van der Waals surface area contributed by atoms with Gasteiger partial charge in [0.15, 0.2) is 0 Å². The molecule has 0 aliphatic heterocycles. The lowest BCUT2D eigenvalue weighted by molar-refractivity contribution is 0.0985. The fourth-order valence-corrected chi connectivity index (χ4v) is 3.94. The monoisotopic (exact) mass is 526 g/mol. The minimum Gasteiger partial charge on any atom is -0.384 e. The second-order valence-corrected chi connectivity index (χ2v) is 8.67. The number of benzene rings is 3. The van der Waals surface area contributed by atoms with Crippen molar-refractivity contribution in [2.45, 2.75) is 6.42 Å². The van der Waals surface area contributed by atoms with Gasteiger partial charge in [-0.1, -0.05) is 42.5 Å². The van der Waals surface area contributed by atoms with Crippen LogP contribution in [-0.4, -0.2) is 53.4 Å². The maximum Gasteiger partial charge on any atom is 0.258 e. The number of nitrogens with zero attached hydrogens (tertiary/aromatic N) is 4. The zero-order chi connectivity index (χ0) is 24.2. The van der Waals surface area contributed by atoms with Crippen LogP contribution in [0.15, 0.2) is 72.8 Å². The van der Waals surface area contributed by atoms with Crippen LogP contribution in [0.3, 0.4) is 0 Å². The van der Waals surface area contributed by atoms with E-state index in [9.17, 15) is 4.79 Å². The maximum absolute atomic E-state index is 13.5. The summed E-state index contributed by atoms with van der Waals surface area (Å²) in [6.07, 6.45) is 0.644. The summed E-state index contributed by atoms with van der Waals surface area (Å²) in [5.41, 5.74) is 10.6. The number of aryl methyl sites for hydroxylation is 1. The van der Waals surface area contributed by atoms with E-state index < -0.39 is 0 Å². The standard InChI is InChI=1S/C27H30N6O.2ClH/c1-31(2)15-16-33(22-7-5-4-6-8-22)27(34)21-13-14-24-23(18-21)30-25(32(24)3)17-19-9-11-20(12-10-19)26(28)29;;/h4-14,18H,15-17H2,1-3H3,(H3,28,29);2*1H. The van der Waals surface area contributed by atoms with Gasteiger partial charge in [-0.15, -0.1) is 24.8 Å². The first-order chi connectivity index (χ1) is 16.3. The third-order valence-electron chi connectivity index (χ3n) is 5.93. The highest BCUT2D eigenvalue weighted by Gasteiger charge is 2.19. The Kier molecular flexibility index (Phi) is 10.0. The van der Waals surface area contributed by atoms with Crippen LogP contribution < -0.4 is 10.6 Å². The molecule has 4 aromatic rings. The third-order valence-corrected chi connectivity index (χ3v) is 5.93. The molecule has 9 heteroatoms. The number of amidine groups is 1. The van der Waals surface area contributed by atoms with E-state index in [2.05, 4.69) is 9.47 Å². The number of likely N-dealkylation sites (N-methyl/N-ethyl adjacent to an activating group) is 1. The van der Waals surface area contributed by atoms with Crippen molar-refractivity contribution < 1.29 is 4.79 Å². The minimum absolute atomic E-state index is 0. The predicted octanol–water partition coefficient (Wildman–Crippen LogP) is 4.50. The molecule has 0 unspecified atom stereocenters. The maximum atomic E-state index is 13.5. The molecule has 0 spiro atoms. The molecule has 0 saturated carbocycles. The van der Waals surface area contributed by atoms with Crippen molar-refractivity contribution in [3.63, 3.8) is 0 Å². The van der Waals surface area contributed by atoms with Crippen LogP contribution in [0.25, 0.3) is 11.0 Å². The first-order valence-electron chi connectivity index (χ1n) is 11.2. The Morgan fingerprint density at radius 1 is 0.944 bits per heavy atom. The number of nitrogens with one attached hydrogen (secondary N) is 1. The fraction of sp³-hybridized carbons (Fsp3) is 0.222. The van der Waals surface area contributed by atoms with Gasteiger partial charge in [-0.25, -0.2) is 4.98 Å². The number of amides is 1. The highest BCUT2D eigenvalue weighted by Crippen LogP contribution is 2.22. The van der Waals surface area contributed by atoms with E-state index in [0.717, 1.165) is 34.7 Å². The third kappa shape index (κ3) is 6.43. The van der Waals surface area contributed by atoms with Crippen LogP contribution in [0.1, 0.15) is 27.3 Å². The molecule has 3 N–H and O–H groups in total. The molecular formula is C27H32Cl2N6O. The summed E-state index contributed by atoms with van der Waals surface area (Å²) >= 11 is 0. The van der Waals surface area contributed by atoms with E-state index in [1.807, 2.05) is 98.8 Å². The van der Waals surface area contributed by atoms with Crippen LogP contribution in [0.2, 0.25) is 0 Å². The lowest BCUT2D eigenvalue weighted by atomic mass is 10.1. The Bertz CT molecular complexity index is 1320. The number of imidazole rings is 1. The second-order valence-electron chi connectivity index (χ2n) is 8.67. The molecule has 0 aliphatic rings. The van der Waals surface area contributed by atoms with E-state index in [4.69, 9.17) is 16.1 Å². The highest BCUT2D eigenvalue weighted by atomic mass is 35.5. The number of aromatic nitrogens is 2. The molecule has 36 heavy (non-hydrogen) atoms. The summed E-state index contributed by atoms with van der Waals surface area (Å²) in [6.45, 7) is 1.36.